The van der Waals surface area contributed by atoms with Gasteiger partial charge in [-0.2, -0.15) is 0 Å². The molecule has 1 N–H and O–H groups in total. The number of hydrogen-bond acceptors (Lipinski definition) is 1. The van der Waals surface area contributed by atoms with Crippen molar-refractivity contribution in [1.82, 2.24) is 0 Å². The lowest BCUT2D eigenvalue weighted by atomic mass is 9.54. The molecule has 1 nitrogen and oxygen atoms in total. The highest BCUT2D eigenvalue weighted by molar-refractivity contribution is 5.46. The van der Waals surface area contributed by atoms with Crippen molar-refractivity contribution in [3.05, 3.63) is 35.4 Å². The standard InChI is InChI=1S/C17H24O/c1-15(2)10-7-11-16(3)12-8-5-6-9-13(12)17(4,18)14(15)16/h5-6,8-9,14,18H,7,10-11H2,1-4H3/t14-,16-,17+/m0/s1. The molecule has 18 heavy (non-hydrogen) atoms. The van der Waals surface area contributed by atoms with Crippen molar-refractivity contribution in [2.45, 2.75) is 58.0 Å². The van der Waals surface area contributed by atoms with E-state index in [1.54, 1.807) is 0 Å². The lowest BCUT2D eigenvalue weighted by Gasteiger charge is -2.51. The average Bonchev–Trinajstić information content (AvgIpc) is 2.45. The van der Waals surface area contributed by atoms with E-state index in [0.29, 0.717) is 5.92 Å². The van der Waals surface area contributed by atoms with Gasteiger partial charge in [-0.25, -0.2) is 0 Å². The molecule has 0 amide bonds. The minimum absolute atomic E-state index is 0.141. The quantitative estimate of drug-likeness (QED) is 0.731. The molecule has 0 heterocycles. The van der Waals surface area contributed by atoms with E-state index in [0.717, 1.165) is 5.56 Å². The maximum Gasteiger partial charge on any atom is 0.0912 e. The Morgan fingerprint density at radius 2 is 1.61 bits per heavy atom. The summed E-state index contributed by atoms with van der Waals surface area (Å²) in [7, 11) is 0. The maximum absolute atomic E-state index is 11.1. The van der Waals surface area contributed by atoms with Crippen LogP contribution < -0.4 is 0 Å². The Morgan fingerprint density at radius 3 is 2.28 bits per heavy atom. The van der Waals surface area contributed by atoms with Crippen LogP contribution >= 0.6 is 0 Å². The third-order valence-electron chi connectivity index (χ3n) is 5.59. The third-order valence-corrected chi connectivity index (χ3v) is 5.59. The molecule has 2 aliphatic carbocycles. The largest absolute Gasteiger partial charge is 0.385 e. The van der Waals surface area contributed by atoms with E-state index in [2.05, 4.69) is 45.0 Å². The van der Waals surface area contributed by atoms with E-state index in [9.17, 15) is 5.11 Å². The molecule has 1 fully saturated rings. The van der Waals surface area contributed by atoms with Gasteiger partial charge < -0.3 is 5.11 Å². The highest BCUT2D eigenvalue weighted by Gasteiger charge is 2.61. The van der Waals surface area contributed by atoms with Crippen molar-refractivity contribution >= 4 is 0 Å². The summed E-state index contributed by atoms with van der Waals surface area (Å²) in [6.07, 6.45) is 3.69. The van der Waals surface area contributed by atoms with Crippen molar-refractivity contribution in [2.75, 3.05) is 0 Å². The van der Waals surface area contributed by atoms with Crippen molar-refractivity contribution < 1.29 is 5.11 Å². The first kappa shape index (κ1) is 12.2. The number of aliphatic hydroxyl groups is 1. The van der Waals surface area contributed by atoms with Crippen molar-refractivity contribution in [3.63, 3.8) is 0 Å². The fourth-order valence-corrected chi connectivity index (χ4v) is 5.31. The molecule has 0 aromatic heterocycles. The molecule has 1 saturated carbocycles. The van der Waals surface area contributed by atoms with Gasteiger partial charge in [-0.1, -0.05) is 51.5 Å². The summed E-state index contributed by atoms with van der Waals surface area (Å²) in [4.78, 5) is 0. The van der Waals surface area contributed by atoms with E-state index in [1.165, 1.54) is 24.8 Å². The Bertz CT molecular complexity index is 486. The SMILES string of the molecule is CC1(C)CCC[C@@]2(C)c3ccccc3[C@@](C)(O)[C@@H]12. The molecule has 98 valence electrons. The summed E-state index contributed by atoms with van der Waals surface area (Å²) in [6, 6.07) is 8.52. The third kappa shape index (κ3) is 1.31. The monoisotopic (exact) mass is 244 g/mol. The molecule has 1 aromatic carbocycles. The van der Waals surface area contributed by atoms with Crippen LogP contribution in [0, 0.1) is 11.3 Å². The van der Waals surface area contributed by atoms with Crippen LogP contribution in [0.1, 0.15) is 58.1 Å². The second-order valence-electron chi connectivity index (χ2n) is 7.39. The Morgan fingerprint density at radius 1 is 1.00 bits per heavy atom. The van der Waals surface area contributed by atoms with E-state index < -0.39 is 5.60 Å². The molecule has 1 aromatic rings. The number of rotatable bonds is 0. The van der Waals surface area contributed by atoms with Gasteiger partial charge in [0.15, 0.2) is 0 Å². The molecular formula is C17H24O. The van der Waals surface area contributed by atoms with Crippen LogP contribution in [0.15, 0.2) is 24.3 Å². The van der Waals surface area contributed by atoms with Crippen molar-refractivity contribution in [2.24, 2.45) is 11.3 Å². The van der Waals surface area contributed by atoms with Crippen LogP contribution in [0.5, 0.6) is 0 Å². The zero-order valence-electron chi connectivity index (χ0n) is 12.0. The fraction of sp³-hybridized carbons (Fsp3) is 0.647. The highest BCUT2D eigenvalue weighted by atomic mass is 16.3. The van der Waals surface area contributed by atoms with Gasteiger partial charge in [0.25, 0.3) is 0 Å². The summed E-state index contributed by atoms with van der Waals surface area (Å²) >= 11 is 0. The van der Waals surface area contributed by atoms with Crippen LogP contribution in [-0.2, 0) is 11.0 Å². The smallest absolute Gasteiger partial charge is 0.0912 e. The van der Waals surface area contributed by atoms with Gasteiger partial charge in [0, 0.05) is 5.92 Å². The molecule has 1 heteroatoms. The van der Waals surface area contributed by atoms with Crippen LogP contribution in [-0.4, -0.2) is 5.11 Å². The zero-order valence-corrected chi connectivity index (χ0v) is 12.0. The summed E-state index contributed by atoms with van der Waals surface area (Å²) in [5.41, 5.74) is 2.20. The second-order valence-corrected chi connectivity index (χ2v) is 7.39. The predicted octanol–water partition coefficient (Wildman–Crippen LogP) is 3.99. The number of fused-ring (bicyclic) bond motifs is 3. The highest BCUT2D eigenvalue weighted by Crippen LogP contribution is 2.64. The van der Waals surface area contributed by atoms with Crippen LogP contribution in [0.4, 0.5) is 0 Å². The summed E-state index contributed by atoms with van der Waals surface area (Å²) in [5, 5.41) is 11.1. The molecule has 0 unspecified atom stereocenters. The number of hydrogen-bond donors (Lipinski definition) is 1. The average molecular weight is 244 g/mol. The molecule has 2 aliphatic rings. The fourth-order valence-electron chi connectivity index (χ4n) is 5.31. The van der Waals surface area contributed by atoms with E-state index >= 15 is 0 Å². The molecule has 0 aliphatic heterocycles. The minimum atomic E-state index is -0.685. The Labute approximate surface area is 110 Å². The van der Waals surface area contributed by atoms with Gasteiger partial charge >= 0.3 is 0 Å². The normalized spacial score (nSPS) is 41.3. The van der Waals surface area contributed by atoms with E-state index in [4.69, 9.17) is 0 Å². The topological polar surface area (TPSA) is 20.2 Å². The van der Waals surface area contributed by atoms with Gasteiger partial charge in [-0.05, 0) is 41.7 Å². The molecule has 3 atom stereocenters. The maximum atomic E-state index is 11.1. The van der Waals surface area contributed by atoms with Crippen LogP contribution in [0.2, 0.25) is 0 Å². The second kappa shape index (κ2) is 3.39. The first-order chi connectivity index (χ1) is 8.30. The molecular weight excluding hydrogens is 220 g/mol. The van der Waals surface area contributed by atoms with Crippen LogP contribution in [0.25, 0.3) is 0 Å². The van der Waals surface area contributed by atoms with Gasteiger partial charge in [-0.3, -0.25) is 0 Å². The van der Waals surface area contributed by atoms with Gasteiger partial charge in [0.1, 0.15) is 0 Å². The van der Waals surface area contributed by atoms with E-state index in [1.807, 2.05) is 6.92 Å². The molecule has 0 saturated heterocycles. The Kier molecular flexibility index (Phi) is 2.30. The minimum Gasteiger partial charge on any atom is -0.385 e. The van der Waals surface area contributed by atoms with Crippen molar-refractivity contribution in [3.8, 4) is 0 Å². The first-order valence-corrected chi connectivity index (χ1v) is 7.12. The van der Waals surface area contributed by atoms with Gasteiger partial charge in [0.05, 0.1) is 5.60 Å². The lowest BCUT2D eigenvalue weighted by molar-refractivity contribution is -0.0958. The molecule has 0 spiro atoms. The van der Waals surface area contributed by atoms with Crippen molar-refractivity contribution in [1.29, 1.82) is 0 Å². The summed E-state index contributed by atoms with van der Waals surface area (Å²) in [5.74, 6) is 0.323. The van der Waals surface area contributed by atoms with Gasteiger partial charge in [0.2, 0.25) is 0 Å². The van der Waals surface area contributed by atoms with Gasteiger partial charge in [-0.15, -0.1) is 0 Å². The summed E-state index contributed by atoms with van der Waals surface area (Å²) < 4.78 is 0. The molecule has 0 bridgehead atoms. The van der Waals surface area contributed by atoms with E-state index in [-0.39, 0.29) is 10.8 Å². The zero-order chi connectivity index (χ0) is 13.2. The first-order valence-electron chi connectivity index (χ1n) is 7.12. The number of benzene rings is 1. The van der Waals surface area contributed by atoms with Crippen LogP contribution in [0.3, 0.4) is 0 Å². The molecule has 3 rings (SSSR count). The summed E-state index contributed by atoms with van der Waals surface area (Å²) in [6.45, 7) is 9.04. The molecule has 0 radical (unpaired) electrons. The Hall–Kier alpha value is -0.820. The Balaban J connectivity index is 2.26. The lowest BCUT2D eigenvalue weighted by Crippen LogP contribution is -2.49. The predicted molar refractivity (Wildman–Crippen MR) is 74.5 cm³/mol.